The molecule has 1 aromatic carbocycles. The summed E-state index contributed by atoms with van der Waals surface area (Å²) in [4.78, 5) is 20.7. The van der Waals surface area contributed by atoms with E-state index >= 15 is 0 Å². The molecule has 0 bridgehead atoms. The van der Waals surface area contributed by atoms with Gasteiger partial charge >= 0.3 is 0 Å². The zero-order valence-electron chi connectivity index (χ0n) is 17.7. The van der Waals surface area contributed by atoms with Crippen molar-refractivity contribution in [3.63, 3.8) is 0 Å². The molecule has 0 spiro atoms. The molecule has 30 heavy (non-hydrogen) atoms. The van der Waals surface area contributed by atoms with Gasteiger partial charge in [-0.05, 0) is 69.4 Å². The van der Waals surface area contributed by atoms with E-state index in [1.54, 1.807) is 10.7 Å². The number of aromatic nitrogens is 4. The summed E-state index contributed by atoms with van der Waals surface area (Å²) in [5.41, 5.74) is 3.92. The maximum atomic E-state index is 12.2. The van der Waals surface area contributed by atoms with E-state index in [2.05, 4.69) is 20.4 Å². The minimum absolute atomic E-state index is 0.0798. The van der Waals surface area contributed by atoms with E-state index < -0.39 is 0 Å². The number of aryl methyl sites for hydroxylation is 1. The topological polar surface area (TPSA) is 81.9 Å². The van der Waals surface area contributed by atoms with Crippen LogP contribution in [-0.4, -0.2) is 25.7 Å². The minimum Gasteiger partial charge on any atom is -0.439 e. The van der Waals surface area contributed by atoms with Crippen molar-refractivity contribution in [2.75, 3.05) is 5.32 Å². The van der Waals surface area contributed by atoms with Crippen LogP contribution < -0.4 is 10.1 Å². The molecule has 1 fully saturated rings. The summed E-state index contributed by atoms with van der Waals surface area (Å²) in [6.07, 6.45) is 6.89. The Kier molecular flexibility index (Phi) is 5.79. The van der Waals surface area contributed by atoms with Gasteiger partial charge in [-0.25, -0.2) is 14.6 Å². The summed E-state index contributed by atoms with van der Waals surface area (Å²) in [6, 6.07) is 9.08. The lowest BCUT2D eigenvalue weighted by molar-refractivity contribution is -0.117. The number of carbonyl (C=O) groups is 1. The van der Waals surface area contributed by atoms with Crippen molar-refractivity contribution in [1.82, 2.24) is 19.7 Å². The highest BCUT2D eigenvalue weighted by molar-refractivity contribution is 5.90. The number of anilines is 1. The molecule has 1 saturated carbocycles. The summed E-state index contributed by atoms with van der Waals surface area (Å²) in [5.74, 6) is 2.34. The van der Waals surface area contributed by atoms with Crippen molar-refractivity contribution >= 4 is 11.6 Å². The third-order valence-electron chi connectivity index (χ3n) is 5.81. The van der Waals surface area contributed by atoms with Crippen LogP contribution in [0.5, 0.6) is 11.6 Å². The van der Waals surface area contributed by atoms with Gasteiger partial charge in [-0.2, -0.15) is 5.10 Å². The number of nitrogens with one attached hydrogen (secondary N) is 1. The van der Waals surface area contributed by atoms with Crippen molar-refractivity contribution in [3.8, 4) is 17.4 Å². The number of carbonyl (C=O) groups excluding carboxylic acids is 1. The van der Waals surface area contributed by atoms with Crippen LogP contribution in [0.3, 0.4) is 0 Å². The third kappa shape index (κ3) is 4.50. The lowest BCUT2D eigenvalue weighted by Crippen LogP contribution is -2.14. The Morgan fingerprint density at radius 2 is 1.87 bits per heavy atom. The number of rotatable bonds is 6. The fraction of sp³-hybridized carbons (Fsp3) is 0.391. The van der Waals surface area contributed by atoms with Crippen molar-refractivity contribution < 1.29 is 9.53 Å². The average molecular weight is 406 g/mol. The Hall–Kier alpha value is -3.22. The van der Waals surface area contributed by atoms with E-state index in [1.165, 1.54) is 19.2 Å². The second-order valence-electron chi connectivity index (χ2n) is 7.95. The van der Waals surface area contributed by atoms with Crippen molar-refractivity contribution in [2.24, 2.45) is 5.92 Å². The Morgan fingerprint density at radius 3 is 2.53 bits per heavy atom. The molecule has 156 valence electrons. The molecule has 3 aromatic rings. The Labute approximate surface area is 176 Å². The SMILES string of the molecule is Cc1nn(-c2cc(Oc3ccc(NC(=O)CC4CCCC4)cc3)ncn2)c(C)c1C. The fourth-order valence-corrected chi connectivity index (χ4v) is 3.86. The van der Waals surface area contributed by atoms with Crippen LogP contribution in [0.2, 0.25) is 0 Å². The minimum atomic E-state index is 0.0798. The molecule has 0 radical (unpaired) electrons. The van der Waals surface area contributed by atoms with Crippen LogP contribution in [0.4, 0.5) is 5.69 Å². The van der Waals surface area contributed by atoms with Crippen LogP contribution in [0.1, 0.15) is 49.1 Å². The number of nitrogens with zero attached hydrogens (tertiary/aromatic N) is 4. The molecule has 7 heteroatoms. The average Bonchev–Trinajstić information content (AvgIpc) is 3.33. The van der Waals surface area contributed by atoms with Crippen LogP contribution in [-0.2, 0) is 4.79 Å². The molecule has 0 saturated heterocycles. The summed E-state index contributed by atoms with van der Waals surface area (Å²) >= 11 is 0. The highest BCUT2D eigenvalue weighted by atomic mass is 16.5. The highest BCUT2D eigenvalue weighted by Gasteiger charge is 2.18. The molecule has 0 aliphatic heterocycles. The highest BCUT2D eigenvalue weighted by Crippen LogP contribution is 2.28. The monoisotopic (exact) mass is 405 g/mol. The van der Waals surface area contributed by atoms with Gasteiger partial charge in [0, 0.05) is 23.9 Å². The molecule has 2 aromatic heterocycles. The first-order valence-electron chi connectivity index (χ1n) is 10.4. The first kappa shape index (κ1) is 20.1. The van der Waals surface area contributed by atoms with Crippen LogP contribution in [0.15, 0.2) is 36.7 Å². The molecule has 1 N–H and O–H groups in total. The Morgan fingerprint density at radius 1 is 1.13 bits per heavy atom. The summed E-state index contributed by atoms with van der Waals surface area (Å²) < 4.78 is 7.67. The molecule has 4 rings (SSSR count). The summed E-state index contributed by atoms with van der Waals surface area (Å²) in [5, 5.41) is 7.51. The van der Waals surface area contributed by atoms with Gasteiger partial charge in [0.25, 0.3) is 0 Å². The molecule has 1 aliphatic rings. The van der Waals surface area contributed by atoms with E-state index in [-0.39, 0.29) is 5.91 Å². The smallest absolute Gasteiger partial charge is 0.224 e. The first-order valence-corrected chi connectivity index (χ1v) is 10.4. The maximum Gasteiger partial charge on any atom is 0.224 e. The van der Waals surface area contributed by atoms with Gasteiger partial charge in [0.1, 0.15) is 12.1 Å². The molecular weight excluding hydrogens is 378 g/mol. The second-order valence-corrected chi connectivity index (χ2v) is 7.95. The van der Waals surface area contributed by atoms with Gasteiger partial charge in [-0.15, -0.1) is 0 Å². The van der Waals surface area contributed by atoms with E-state index in [4.69, 9.17) is 4.74 Å². The molecule has 0 unspecified atom stereocenters. The quantitative estimate of drug-likeness (QED) is 0.631. The van der Waals surface area contributed by atoms with E-state index in [1.807, 2.05) is 45.0 Å². The lowest BCUT2D eigenvalue weighted by atomic mass is 10.0. The molecule has 1 amide bonds. The van der Waals surface area contributed by atoms with E-state index in [0.29, 0.717) is 29.8 Å². The standard InChI is InChI=1S/C23H27N5O2/c1-15-16(2)27-28(17(15)3)21-13-23(25-14-24-21)30-20-10-8-19(9-11-20)26-22(29)12-18-6-4-5-7-18/h8-11,13-14,18H,4-7,12H2,1-3H3,(H,26,29). The van der Waals surface area contributed by atoms with Gasteiger partial charge < -0.3 is 10.1 Å². The van der Waals surface area contributed by atoms with Gasteiger partial charge in [-0.1, -0.05) is 12.8 Å². The zero-order valence-corrected chi connectivity index (χ0v) is 17.7. The number of amides is 1. The predicted octanol–water partition coefficient (Wildman–Crippen LogP) is 4.90. The molecule has 7 nitrogen and oxygen atoms in total. The van der Waals surface area contributed by atoms with E-state index in [0.717, 1.165) is 35.5 Å². The third-order valence-corrected chi connectivity index (χ3v) is 5.81. The number of hydrogen-bond acceptors (Lipinski definition) is 5. The molecule has 2 heterocycles. The maximum absolute atomic E-state index is 12.2. The summed E-state index contributed by atoms with van der Waals surface area (Å²) in [7, 11) is 0. The normalized spacial score (nSPS) is 14.1. The van der Waals surface area contributed by atoms with Gasteiger partial charge in [0.05, 0.1) is 5.69 Å². The molecular formula is C23H27N5O2. The van der Waals surface area contributed by atoms with Gasteiger partial charge in [0.2, 0.25) is 11.8 Å². The van der Waals surface area contributed by atoms with Gasteiger partial charge in [-0.3, -0.25) is 4.79 Å². The molecule has 1 aliphatic carbocycles. The van der Waals surface area contributed by atoms with Gasteiger partial charge in [0.15, 0.2) is 5.82 Å². The number of ether oxygens (including phenoxy) is 1. The van der Waals surface area contributed by atoms with Crippen LogP contribution in [0, 0.1) is 26.7 Å². The number of hydrogen-bond donors (Lipinski definition) is 1. The van der Waals surface area contributed by atoms with Crippen molar-refractivity contribution in [2.45, 2.75) is 52.9 Å². The van der Waals surface area contributed by atoms with Crippen LogP contribution >= 0.6 is 0 Å². The second kappa shape index (κ2) is 8.65. The Bertz CT molecular complexity index is 1040. The fourth-order valence-electron chi connectivity index (χ4n) is 3.86. The Balaban J connectivity index is 1.41. The van der Waals surface area contributed by atoms with E-state index in [9.17, 15) is 4.79 Å². The van der Waals surface area contributed by atoms with Crippen molar-refractivity contribution in [3.05, 3.63) is 53.6 Å². The zero-order chi connectivity index (χ0) is 21.1. The summed E-state index contributed by atoms with van der Waals surface area (Å²) in [6.45, 7) is 6.03. The lowest BCUT2D eigenvalue weighted by Gasteiger charge is -2.11. The largest absolute Gasteiger partial charge is 0.439 e. The van der Waals surface area contributed by atoms with Crippen molar-refractivity contribution in [1.29, 1.82) is 0 Å². The predicted molar refractivity (Wildman–Crippen MR) is 115 cm³/mol. The first-order chi connectivity index (χ1) is 14.5. The van der Waals surface area contributed by atoms with Crippen LogP contribution in [0.25, 0.3) is 5.82 Å². The number of benzene rings is 1. The molecule has 0 atom stereocenters.